The summed E-state index contributed by atoms with van der Waals surface area (Å²) in [7, 11) is 2.51. The number of methoxy groups -OCH3 is 2. The number of amides is 4. The van der Waals surface area contributed by atoms with E-state index in [1.165, 1.54) is 14.2 Å². The minimum atomic E-state index is -1.16. The molecule has 0 aliphatic carbocycles. The van der Waals surface area contributed by atoms with Gasteiger partial charge in [-0.2, -0.15) is 0 Å². The largest absolute Gasteiger partial charge is 0.467 e. The Bertz CT molecular complexity index is 1970. The van der Waals surface area contributed by atoms with Crippen molar-refractivity contribution in [1.29, 1.82) is 0 Å². The van der Waals surface area contributed by atoms with Gasteiger partial charge in [0.2, 0.25) is 23.6 Å². The first-order chi connectivity index (χ1) is 31.6. The van der Waals surface area contributed by atoms with Gasteiger partial charge in [0.1, 0.15) is 24.2 Å². The Morgan fingerprint density at radius 1 is 0.409 bits per heavy atom. The van der Waals surface area contributed by atoms with Gasteiger partial charge in [-0.15, -0.1) is 0 Å². The van der Waals surface area contributed by atoms with Crippen LogP contribution in [0.2, 0.25) is 0 Å². The van der Waals surface area contributed by atoms with Crippen LogP contribution in [0.5, 0.6) is 0 Å². The summed E-state index contributed by atoms with van der Waals surface area (Å²) in [5, 5.41) is 23.4. The smallest absolute Gasteiger partial charge is 0.328 e. The van der Waals surface area contributed by atoms with Gasteiger partial charge in [0, 0.05) is 24.7 Å². The molecule has 0 fully saturated rings. The zero-order valence-electron chi connectivity index (χ0n) is 39.1. The Hall–Kier alpha value is -6.34. The molecule has 0 spiro atoms. The van der Waals surface area contributed by atoms with Crippen LogP contribution < -0.4 is 21.3 Å². The third-order valence-electron chi connectivity index (χ3n) is 11.4. The molecule has 4 unspecified atom stereocenters. The molecule has 7 atom stereocenters. The minimum absolute atomic E-state index is 0.0148. The van der Waals surface area contributed by atoms with Crippen LogP contribution in [-0.4, -0.2) is 85.2 Å². The fraction of sp³-hybridized carbons (Fsp3) is 0.434. The summed E-state index contributed by atoms with van der Waals surface area (Å²) in [5.74, 6) is -4.95. The van der Waals surface area contributed by atoms with Crippen LogP contribution in [-0.2, 0) is 63.9 Å². The van der Waals surface area contributed by atoms with Crippen LogP contribution in [0.4, 0.5) is 0 Å². The maximum Gasteiger partial charge on any atom is 0.328 e. The fourth-order valence-electron chi connectivity index (χ4n) is 8.02. The normalized spacial score (nSPS) is 14.4. The van der Waals surface area contributed by atoms with Crippen molar-refractivity contribution in [2.24, 2.45) is 23.7 Å². The Balaban J connectivity index is 1.57. The number of carbonyl (C=O) groups excluding carboxylic acids is 6. The number of rotatable bonds is 26. The van der Waals surface area contributed by atoms with Crippen molar-refractivity contribution in [1.82, 2.24) is 21.3 Å². The molecule has 0 bridgehead atoms. The third-order valence-corrected chi connectivity index (χ3v) is 11.4. The van der Waals surface area contributed by atoms with Crippen molar-refractivity contribution in [3.05, 3.63) is 144 Å². The molecule has 13 nitrogen and oxygen atoms in total. The lowest BCUT2D eigenvalue weighted by atomic mass is 9.86. The molecule has 4 amide bonds. The van der Waals surface area contributed by atoms with Crippen molar-refractivity contribution < 1.29 is 43.3 Å². The summed E-state index contributed by atoms with van der Waals surface area (Å²) < 4.78 is 10.0. The molecule has 4 aromatic rings. The zero-order chi connectivity index (χ0) is 48.0. The predicted molar refractivity (Wildman–Crippen MR) is 253 cm³/mol. The Morgan fingerprint density at radius 3 is 0.955 bits per heavy atom. The summed E-state index contributed by atoms with van der Waals surface area (Å²) >= 11 is 0. The van der Waals surface area contributed by atoms with E-state index in [-0.39, 0.29) is 63.2 Å². The van der Waals surface area contributed by atoms with E-state index < -0.39 is 77.7 Å². The third kappa shape index (κ3) is 17.9. The molecule has 0 aliphatic rings. The molecule has 4 aromatic carbocycles. The molecule has 0 aliphatic heterocycles. The molecule has 13 heteroatoms. The van der Waals surface area contributed by atoms with Crippen molar-refractivity contribution in [2.45, 2.75) is 109 Å². The van der Waals surface area contributed by atoms with Crippen molar-refractivity contribution in [3.8, 4) is 0 Å². The number of nitrogens with one attached hydrogen (secondary N) is 4. The molecule has 5 N–H and O–H groups in total. The summed E-state index contributed by atoms with van der Waals surface area (Å²) in [6, 6.07) is 33.1. The van der Waals surface area contributed by atoms with Crippen molar-refractivity contribution in [3.63, 3.8) is 0 Å². The number of ether oxygens (including phenoxy) is 2. The summed E-state index contributed by atoms with van der Waals surface area (Å²) in [5.41, 5.74) is 3.31. The van der Waals surface area contributed by atoms with Crippen LogP contribution >= 0.6 is 0 Å². The highest BCUT2D eigenvalue weighted by atomic mass is 16.5. The van der Waals surface area contributed by atoms with E-state index in [9.17, 15) is 33.9 Å². The molecule has 66 heavy (non-hydrogen) atoms. The van der Waals surface area contributed by atoms with E-state index in [0.29, 0.717) is 0 Å². The van der Waals surface area contributed by atoms with Gasteiger partial charge >= 0.3 is 11.9 Å². The van der Waals surface area contributed by atoms with Gasteiger partial charge in [0.05, 0.1) is 20.3 Å². The lowest BCUT2D eigenvalue weighted by Crippen LogP contribution is -2.54. The molecular formula is C53H68N4O9. The number of carbonyl (C=O) groups is 6. The van der Waals surface area contributed by atoms with E-state index in [0.717, 1.165) is 22.3 Å². The fourth-order valence-corrected chi connectivity index (χ4v) is 8.02. The van der Waals surface area contributed by atoms with Gasteiger partial charge in [-0.1, -0.05) is 149 Å². The van der Waals surface area contributed by atoms with Gasteiger partial charge in [-0.05, 0) is 72.6 Å². The average molecular weight is 905 g/mol. The van der Waals surface area contributed by atoms with E-state index in [4.69, 9.17) is 9.47 Å². The van der Waals surface area contributed by atoms with Crippen LogP contribution in [0, 0.1) is 23.7 Å². The average Bonchev–Trinajstić information content (AvgIpc) is 3.30. The number of benzene rings is 4. The van der Waals surface area contributed by atoms with E-state index in [2.05, 4.69) is 21.3 Å². The molecule has 0 saturated heterocycles. The molecule has 0 aromatic heterocycles. The van der Waals surface area contributed by atoms with Gasteiger partial charge in [-0.25, -0.2) is 9.59 Å². The molecule has 0 saturated carbocycles. The van der Waals surface area contributed by atoms with Crippen LogP contribution in [0.1, 0.15) is 75.6 Å². The Labute approximate surface area is 389 Å². The first-order valence-electron chi connectivity index (χ1n) is 22.9. The summed E-state index contributed by atoms with van der Waals surface area (Å²) in [6.45, 7) is 7.70. The number of hydrogen-bond acceptors (Lipinski definition) is 9. The second-order valence-electron chi connectivity index (χ2n) is 17.8. The van der Waals surface area contributed by atoms with E-state index in [1.807, 2.05) is 149 Å². The Kier molecular flexibility index (Phi) is 21.6. The lowest BCUT2D eigenvalue weighted by Gasteiger charge is -2.28. The highest BCUT2D eigenvalue weighted by Gasteiger charge is 2.34. The molecule has 0 radical (unpaired) electrons. The highest BCUT2D eigenvalue weighted by molar-refractivity contribution is 5.92. The Morgan fingerprint density at radius 2 is 0.682 bits per heavy atom. The second-order valence-corrected chi connectivity index (χ2v) is 17.8. The van der Waals surface area contributed by atoms with Gasteiger partial charge in [0.25, 0.3) is 0 Å². The number of aliphatic hydroxyl groups excluding tert-OH is 1. The zero-order valence-corrected chi connectivity index (χ0v) is 39.1. The van der Waals surface area contributed by atoms with Crippen LogP contribution in [0.15, 0.2) is 121 Å². The van der Waals surface area contributed by atoms with Crippen LogP contribution in [0.25, 0.3) is 0 Å². The van der Waals surface area contributed by atoms with E-state index in [1.54, 1.807) is 0 Å². The molecule has 354 valence electrons. The minimum Gasteiger partial charge on any atom is -0.467 e. The summed E-state index contributed by atoms with van der Waals surface area (Å²) in [6.07, 6.45) is 0.116. The van der Waals surface area contributed by atoms with Crippen LogP contribution in [0.3, 0.4) is 0 Å². The lowest BCUT2D eigenvalue weighted by molar-refractivity contribution is -0.145. The molecule has 0 heterocycles. The van der Waals surface area contributed by atoms with Gasteiger partial charge in [0.15, 0.2) is 0 Å². The molecule has 4 rings (SSSR count). The van der Waals surface area contributed by atoms with Gasteiger partial charge < -0.3 is 35.8 Å². The number of esters is 2. The second kappa shape index (κ2) is 27.2. The summed E-state index contributed by atoms with van der Waals surface area (Å²) in [4.78, 5) is 82.4. The number of hydrogen-bond donors (Lipinski definition) is 5. The standard InChI is InChI=1S/C53H68N4O9/c1-35(2)27-44(50(61)56-46(52(63)65-5)31-39-23-15-9-16-24-39)54-48(59)41(29-37-19-11-7-12-20-37)33-43(58)34-42(30-38-21-13-8-14-22-38)49(60)55-45(28-36(3)4)51(62)57-47(53(64)66-6)32-40-25-17-10-18-26-40/h7-26,35-36,41-47,58H,27-34H2,1-6H3,(H,54,59)(H,55,60)(H,56,61)(H,57,62)/t41?,42?,43?,44-,45?,46-,47-/m0/s1. The maximum atomic E-state index is 14.4. The first kappa shape index (κ1) is 52.3. The number of aliphatic hydroxyl groups is 1. The molecular weight excluding hydrogens is 837 g/mol. The van der Waals surface area contributed by atoms with E-state index >= 15 is 0 Å². The SMILES string of the molecule is COC(=O)[C@H](Cc1ccccc1)NC(=O)C(CC(C)C)NC(=O)C(Cc1ccccc1)CC(O)CC(Cc1ccccc1)C(=O)N[C@@H](CC(C)C)C(=O)N[C@@H](Cc1ccccc1)C(=O)OC. The monoisotopic (exact) mass is 904 g/mol. The topological polar surface area (TPSA) is 189 Å². The first-order valence-corrected chi connectivity index (χ1v) is 22.9. The highest BCUT2D eigenvalue weighted by Crippen LogP contribution is 2.23. The quantitative estimate of drug-likeness (QED) is 0.0492. The maximum absolute atomic E-state index is 14.4. The van der Waals surface area contributed by atoms with Crippen molar-refractivity contribution >= 4 is 35.6 Å². The van der Waals surface area contributed by atoms with Gasteiger partial charge in [-0.3, -0.25) is 19.2 Å². The van der Waals surface area contributed by atoms with Crippen molar-refractivity contribution in [2.75, 3.05) is 14.2 Å². The predicted octanol–water partition coefficient (Wildman–Crippen LogP) is 5.71.